The normalized spacial score (nSPS) is 12.3. The Morgan fingerprint density at radius 1 is 0.896 bits per heavy atom. The van der Waals surface area contributed by atoms with Gasteiger partial charge in [0.2, 0.25) is 0 Å². The fourth-order valence-corrected chi connectivity index (χ4v) is 7.26. The summed E-state index contributed by atoms with van der Waals surface area (Å²) in [7, 11) is 0. The van der Waals surface area contributed by atoms with Crippen molar-refractivity contribution in [1.29, 1.82) is 0 Å². The SMILES string of the molecule is CCC(C(=O)O)N(Cc1cccc(Cl)c1)Cc1cc2c(Br)nn(C(c3ccccc3)(c3ccccc3)c3ccccc3)c2cc1[N+](=O)[O-]. The molecule has 10 heteroatoms. The summed E-state index contributed by atoms with van der Waals surface area (Å²) in [5, 5.41) is 29.2. The number of carboxylic acid groups (broad SMARTS) is 1. The van der Waals surface area contributed by atoms with Crippen molar-refractivity contribution in [3.63, 3.8) is 0 Å². The molecule has 1 aromatic heterocycles. The van der Waals surface area contributed by atoms with Gasteiger partial charge in [0.25, 0.3) is 5.69 Å². The van der Waals surface area contributed by atoms with E-state index >= 15 is 0 Å². The highest BCUT2D eigenvalue weighted by atomic mass is 79.9. The van der Waals surface area contributed by atoms with Crippen LogP contribution in [0.25, 0.3) is 10.9 Å². The summed E-state index contributed by atoms with van der Waals surface area (Å²) in [6.07, 6.45) is 0.307. The summed E-state index contributed by atoms with van der Waals surface area (Å²) in [4.78, 5) is 26.5. The van der Waals surface area contributed by atoms with Gasteiger partial charge >= 0.3 is 5.97 Å². The number of halogens is 2. The van der Waals surface area contributed by atoms with E-state index in [0.29, 0.717) is 32.5 Å². The van der Waals surface area contributed by atoms with Gasteiger partial charge in [0.05, 0.1) is 10.4 Å². The molecule has 0 amide bonds. The number of aromatic nitrogens is 2. The number of aliphatic carboxylic acids is 1. The zero-order valence-corrected chi connectivity index (χ0v) is 28.4. The predicted molar refractivity (Wildman–Crippen MR) is 191 cm³/mol. The van der Waals surface area contributed by atoms with Crippen LogP contribution in [0.3, 0.4) is 0 Å². The molecule has 1 N–H and O–H groups in total. The predicted octanol–water partition coefficient (Wildman–Crippen LogP) is 9.07. The van der Waals surface area contributed by atoms with Gasteiger partial charge in [-0.15, -0.1) is 0 Å². The zero-order valence-electron chi connectivity index (χ0n) is 26.0. The number of benzene rings is 5. The van der Waals surface area contributed by atoms with Crippen LogP contribution in [-0.4, -0.2) is 36.7 Å². The van der Waals surface area contributed by atoms with Gasteiger partial charge in [-0.2, -0.15) is 5.10 Å². The maximum atomic E-state index is 12.8. The van der Waals surface area contributed by atoms with Crippen LogP contribution in [0.2, 0.25) is 5.02 Å². The lowest BCUT2D eigenvalue weighted by Crippen LogP contribution is -2.40. The topological polar surface area (TPSA) is 102 Å². The first-order valence-corrected chi connectivity index (χ1v) is 16.6. The van der Waals surface area contributed by atoms with E-state index in [1.165, 1.54) is 0 Å². The number of carboxylic acids is 1. The minimum absolute atomic E-state index is 0.0163. The molecule has 1 atom stereocenters. The molecule has 0 saturated heterocycles. The van der Waals surface area contributed by atoms with E-state index in [1.807, 2.05) is 102 Å². The molecule has 0 radical (unpaired) electrons. The van der Waals surface area contributed by atoms with Crippen LogP contribution in [0.15, 0.2) is 132 Å². The third-order valence-corrected chi connectivity index (χ3v) is 9.51. The van der Waals surface area contributed by atoms with Crippen LogP contribution in [0.5, 0.6) is 0 Å². The summed E-state index contributed by atoms with van der Waals surface area (Å²) in [5.74, 6) is -1.00. The monoisotopic (exact) mass is 722 g/mol. The maximum Gasteiger partial charge on any atom is 0.320 e. The second kappa shape index (κ2) is 14.1. The molecule has 0 aliphatic heterocycles. The molecule has 48 heavy (non-hydrogen) atoms. The van der Waals surface area contributed by atoms with E-state index < -0.39 is 22.5 Å². The largest absolute Gasteiger partial charge is 0.480 e. The van der Waals surface area contributed by atoms with Gasteiger partial charge in [-0.05, 0) is 62.8 Å². The average molecular weight is 724 g/mol. The van der Waals surface area contributed by atoms with Crippen LogP contribution in [0.1, 0.15) is 41.2 Å². The summed E-state index contributed by atoms with van der Waals surface area (Å²) in [6, 6.07) is 39.5. The number of nitro groups is 1. The second-order valence-electron chi connectivity index (χ2n) is 11.6. The van der Waals surface area contributed by atoms with Crippen molar-refractivity contribution in [3.8, 4) is 0 Å². The molecule has 0 fully saturated rings. The lowest BCUT2D eigenvalue weighted by molar-refractivity contribution is -0.385. The van der Waals surface area contributed by atoms with Crippen LogP contribution in [0.4, 0.5) is 5.69 Å². The quantitative estimate of drug-likeness (QED) is 0.0768. The standard InChI is InChI=1S/C38H32BrClN4O4/c1-2-33(37(45)46)42(24-26-13-12-20-31(40)21-26)25-27-22-32-35(23-34(27)44(47)48)43(41-36(32)39)38(28-14-6-3-7-15-28,29-16-8-4-9-17-29)30-18-10-5-11-19-30/h3-23,33H,2,24-25H2,1H3,(H,45,46). The Balaban J connectivity index is 1.59. The van der Waals surface area contributed by atoms with E-state index in [-0.39, 0.29) is 18.8 Å². The Hall–Kier alpha value is -4.83. The highest BCUT2D eigenvalue weighted by Crippen LogP contribution is 2.44. The van der Waals surface area contributed by atoms with Crippen molar-refractivity contribution >= 4 is 50.1 Å². The molecule has 6 rings (SSSR count). The number of rotatable bonds is 12. The van der Waals surface area contributed by atoms with Crippen LogP contribution in [0, 0.1) is 10.1 Å². The maximum absolute atomic E-state index is 12.8. The number of carbonyl (C=O) groups is 1. The molecule has 5 aromatic carbocycles. The summed E-state index contributed by atoms with van der Waals surface area (Å²) < 4.78 is 2.37. The summed E-state index contributed by atoms with van der Waals surface area (Å²) in [5.41, 5.74) is 3.36. The van der Waals surface area contributed by atoms with Gasteiger partial charge in [-0.25, -0.2) is 4.68 Å². The van der Waals surface area contributed by atoms with Crippen molar-refractivity contribution in [1.82, 2.24) is 14.7 Å². The molecule has 1 unspecified atom stereocenters. The summed E-state index contributed by atoms with van der Waals surface area (Å²) >= 11 is 9.94. The van der Waals surface area contributed by atoms with E-state index in [9.17, 15) is 20.0 Å². The third-order valence-electron chi connectivity index (χ3n) is 8.68. The van der Waals surface area contributed by atoms with Crippen molar-refractivity contribution in [2.45, 2.75) is 38.0 Å². The molecule has 8 nitrogen and oxygen atoms in total. The highest BCUT2D eigenvalue weighted by molar-refractivity contribution is 9.10. The molecule has 0 bridgehead atoms. The van der Waals surface area contributed by atoms with E-state index in [2.05, 4.69) is 15.9 Å². The molecule has 0 spiro atoms. The zero-order chi connectivity index (χ0) is 33.8. The van der Waals surface area contributed by atoms with Crippen molar-refractivity contribution in [3.05, 3.63) is 175 Å². The molecule has 0 aliphatic carbocycles. The van der Waals surface area contributed by atoms with E-state index in [0.717, 1.165) is 22.3 Å². The van der Waals surface area contributed by atoms with Gasteiger partial charge < -0.3 is 5.11 Å². The second-order valence-corrected chi connectivity index (χ2v) is 12.8. The minimum Gasteiger partial charge on any atom is -0.480 e. The van der Waals surface area contributed by atoms with Crippen LogP contribution in [-0.2, 0) is 23.4 Å². The first kappa shape index (κ1) is 33.1. The fraction of sp³-hybridized carbons (Fsp3) is 0.158. The number of hydrogen-bond donors (Lipinski definition) is 1. The lowest BCUT2D eigenvalue weighted by Gasteiger charge is -2.37. The Morgan fingerprint density at radius 3 is 1.94 bits per heavy atom. The molecule has 0 saturated carbocycles. The van der Waals surface area contributed by atoms with Crippen LogP contribution >= 0.6 is 27.5 Å². The van der Waals surface area contributed by atoms with Crippen molar-refractivity contribution in [2.24, 2.45) is 0 Å². The van der Waals surface area contributed by atoms with Crippen molar-refractivity contribution in [2.75, 3.05) is 0 Å². The fourth-order valence-electron chi connectivity index (χ4n) is 6.57. The number of fused-ring (bicyclic) bond motifs is 1. The first-order valence-electron chi connectivity index (χ1n) is 15.5. The smallest absolute Gasteiger partial charge is 0.320 e. The van der Waals surface area contributed by atoms with Crippen LogP contribution < -0.4 is 0 Å². The molecule has 0 aliphatic rings. The molecule has 242 valence electrons. The van der Waals surface area contributed by atoms with Gasteiger partial charge in [0, 0.05) is 35.1 Å². The Morgan fingerprint density at radius 2 is 1.46 bits per heavy atom. The molecule has 1 heterocycles. The van der Waals surface area contributed by atoms with Gasteiger partial charge in [-0.3, -0.25) is 19.8 Å². The molecule has 6 aromatic rings. The summed E-state index contributed by atoms with van der Waals surface area (Å²) in [6.45, 7) is 2.04. The van der Waals surface area contributed by atoms with Gasteiger partial charge in [-0.1, -0.05) is 122 Å². The highest BCUT2D eigenvalue weighted by Gasteiger charge is 2.41. The number of nitro benzene ring substituents is 1. The minimum atomic E-state index is -1.00. The van der Waals surface area contributed by atoms with Gasteiger partial charge in [0.15, 0.2) is 0 Å². The third kappa shape index (κ3) is 6.24. The average Bonchev–Trinajstić information content (AvgIpc) is 3.41. The van der Waals surface area contributed by atoms with Crippen molar-refractivity contribution < 1.29 is 14.8 Å². The Bertz CT molecular complexity index is 1980. The number of nitrogens with zero attached hydrogens (tertiary/aromatic N) is 4. The van der Waals surface area contributed by atoms with E-state index in [4.69, 9.17) is 16.7 Å². The Kier molecular flexibility index (Phi) is 9.73. The molecular weight excluding hydrogens is 692 g/mol. The van der Waals surface area contributed by atoms with Gasteiger partial charge in [0.1, 0.15) is 16.2 Å². The molecular formula is C38H32BrClN4O4. The number of hydrogen-bond acceptors (Lipinski definition) is 5. The Labute approximate surface area is 291 Å². The van der Waals surface area contributed by atoms with E-state index in [1.54, 1.807) is 42.2 Å². The first-order chi connectivity index (χ1) is 23.2. The lowest BCUT2D eigenvalue weighted by atomic mass is 9.77.